The lowest BCUT2D eigenvalue weighted by Gasteiger charge is -2.35. The summed E-state index contributed by atoms with van der Waals surface area (Å²) in [7, 11) is 0. The smallest absolute Gasteiger partial charge is 0.272 e. The largest absolute Gasteiger partial charge is 0.391 e. The number of β-amino-alcohol motifs (C(OH)–C–C–N with tert-alkyl or cyclic N) is 1. The fourth-order valence-corrected chi connectivity index (χ4v) is 2.87. The van der Waals surface area contributed by atoms with Crippen molar-refractivity contribution >= 4 is 5.91 Å². The number of nitrogens with one attached hydrogen (secondary N) is 1. The minimum atomic E-state index is -0.578. The van der Waals surface area contributed by atoms with Crippen LogP contribution >= 0.6 is 0 Å². The first-order valence-electron chi connectivity index (χ1n) is 7.33. The van der Waals surface area contributed by atoms with E-state index in [1.54, 1.807) is 17.0 Å². The average Bonchev–Trinajstić information content (AvgIpc) is 3.05. The molecule has 0 unspecified atom stereocenters. The maximum Gasteiger partial charge on any atom is 0.272 e. The number of amides is 1. The number of nitrogens with zero attached hydrogens (tertiary/aromatic N) is 2. The Kier molecular flexibility index (Phi) is 4.20. The lowest BCUT2D eigenvalue weighted by Crippen LogP contribution is -2.47. The van der Waals surface area contributed by atoms with Gasteiger partial charge in [0.25, 0.3) is 5.91 Å². The van der Waals surface area contributed by atoms with Crippen LogP contribution in [0.4, 0.5) is 4.39 Å². The van der Waals surface area contributed by atoms with Crippen molar-refractivity contribution in [3.8, 4) is 0 Å². The zero-order chi connectivity index (χ0) is 15.5. The Hall–Kier alpha value is -2.21. The lowest BCUT2D eigenvalue weighted by atomic mass is 9.88. The summed E-state index contributed by atoms with van der Waals surface area (Å²) in [6.45, 7) is 0.907. The molecule has 6 heteroatoms. The van der Waals surface area contributed by atoms with Crippen LogP contribution in [0.15, 0.2) is 36.8 Å². The van der Waals surface area contributed by atoms with Crippen molar-refractivity contribution in [1.29, 1.82) is 0 Å². The summed E-state index contributed by atoms with van der Waals surface area (Å²) < 4.78 is 12.9. The lowest BCUT2D eigenvalue weighted by molar-refractivity contribution is 0.0195. The minimum absolute atomic E-state index is 0.0799. The summed E-state index contributed by atoms with van der Waals surface area (Å²) >= 11 is 0. The summed E-state index contributed by atoms with van der Waals surface area (Å²) in [5.74, 6) is -0.322. The monoisotopic (exact) mass is 303 g/mol. The molecule has 0 spiro atoms. The van der Waals surface area contributed by atoms with E-state index in [9.17, 15) is 14.3 Å². The first-order valence-corrected chi connectivity index (χ1v) is 7.33. The van der Waals surface area contributed by atoms with Crippen molar-refractivity contribution in [2.45, 2.75) is 18.9 Å². The molecule has 1 aliphatic rings. The predicted molar refractivity (Wildman–Crippen MR) is 78.7 cm³/mol. The molecule has 3 rings (SSSR count). The van der Waals surface area contributed by atoms with Crippen molar-refractivity contribution in [1.82, 2.24) is 14.9 Å². The van der Waals surface area contributed by atoms with Crippen LogP contribution < -0.4 is 0 Å². The van der Waals surface area contributed by atoms with E-state index in [1.165, 1.54) is 24.7 Å². The molecule has 0 radical (unpaired) electrons. The number of halogens is 1. The molecule has 1 aromatic carbocycles. The Labute approximate surface area is 127 Å². The van der Waals surface area contributed by atoms with Gasteiger partial charge in [0.05, 0.1) is 18.6 Å². The number of carbonyl (C=O) groups excluding carboxylic acids is 1. The second kappa shape index (κ2) is 6.27. The molecular weight excluding hydrogens is 285 g/mol. The van der Waals surface area contributed by atoms with Gasteiger partial charge in [-0.3, -0.25) is 4.79 Å². The number of carbonyl (C=O) groups is 1. The van der Waals surface area contributed by atoms with Gasteiger partial charge in [-0.15, -0.1) is 0 Å². The number of aromatic nitrogens is 2. The number of hydrogen-bond acceptors (Lipinski definition) is 3. The maximum atomic E-state index is 12.9. The third-order valence-electron chi connectivity index (χ3n) is 4.15. The zero-order valence-corrected chi connectivity index (χ0v) is 12.1. The van der Waals surface area contributed by atoms with E-state index >= 15 is 0 Å². The van der Waals surface area contributed by atoms with Gasteiger partial charge in [0.15, 0.2) is 0 Å². The van der Waals surface area contributed by atoms with Gasteiger partial charge in [-0.1, -0.05) is 12.1 Å². The first-order chi connectivity index (χ1) is 10.6. The fourth-order valence-electron chi connectivity index (χ4n) is 2.87. The van der Waals surface area contributed by atoms with E-state index in [0.717, 1.165) is 12.0 Å². The van der Waals surface area contributed by atoms with Crippen molar-refractivity contribution in [2.24, 2.45) is 5.92 Å². The summed E-state index contributed by atoms with van der Waals surface area (Å²) in [4.78, 5) is 20.5. The van der Waals surface area contributed by atoms with Crippen molar-refractivity contribution in [2.75, 3.05) is 13.1 Å². The van der Waals surface area contributed by atoms with Crippen LogP contribution in [-0.2, 0) is 6.42 Å². The fraction of sp³-hybridized carbons (Fsp3) is 0.375. The SMILES string of the molecule is O=C(c1cnc[nH]1)N1CC[C@H](Cc2ccc(F)cc2)[C@@H](O)C1. The van der Waals surface area contributed by atoms with Crippen molar-refractivity contribution < 1.29 is 14.3 Å². The van der Waals surface area contributed by atoms with Gasteiger partial charge in [-0.2, -0.15) is 0 Å². The molecule has 1 aliphatic heterocycles. The molecule has 1 aromatic heterocycles. The van der Waals surface area contributed by atoms with Gasteiger partial charge in [0.1, 0.15) is 11.5 Å². The Morgan fingerprint density at radius 1 is 1.41 bits per heavy atom. The highest BCUT2D eigenvalue weighted by Gasteiger charge is 2.30. The van der Waals surface area contributed by atoms with Crippen LogP contribution in [0.2, 0.25) is 0 Å². The van der Waals surface area contributed by atoms with E-state index < -0.39 is 6.10 Å². The standard InChI is InChI=1S/C16H18FN3O2/c17-13-3-1-11(2-4-13)7-12-5-6-20(9-15(12)21)16(22)14-8-18-10-19-14/h1-4,8,10,12,15,21H,5-7,9H2,(H,18,19)/t12-,15+/m1/s1. The zero-order valence-electron chi connectivity index (χ0n) is 12.1. The Morgan fingerprint density at radius 2 is 2.18 bits per heavy atom. The van der Waals surface area contributed by atoms with Gasteiger partial charge >= 0.3 is 0 Å². The molecule has 1 amide bonds. The normalized spacial score (nSPS) is 21.8. The number of aliphatic hydroxyl groups is 1. The summed E-state index contributed by atoms with van der Waals surface area (Å²) in [6.07, 6.45) is 3.78. The summed E-state index contributed by atoms with van der Waals surface area (Å²) in [6, 6.07) is 6.34. The molecule has 2 atom stereocenters. The molecular formula is C16H18FN3O2. The molecule has 2 N–H and O–H groups in total. The molecule has 0 aliphatic carbocycles. The van der Waals surface area contributed by atoms with Gasteiger partial charge in [-0.05, 0) is 36.5 Å². The number of H-pyrrole nitrogens is 1. The van der Waals surface area contributed by atoms with Crippen molar-refractivity contribution in [3.63, 3.8) is 0 Å². The number of imidazole rings is 1. The van der Waals surface area contributed by atoms with Gasteiger partial charge in [-0.25, -0.2) is 9.37 Å². The first kappa shape index (κ1) is 14.7. The van der Waals surface area contributed by atoms with Gasteiger partial charge in [0.2, 0.25) is 0 Å². The topological polar surface area (TPSA) is 69.2 Å². The predicted octanol–water partition coefficient (Wildman–Crippen LogP) is 1.61. The Balaban J connectivity index is 1.60. The Bertz CT molecular complexity index is 627. The van der Waals surface area contributed by atoms with E-state index in [1.807, 2.05) is 0 Å². The number of piperidine rings is 1. The Morgan fingerprint density at radius 3 is 2.82 bits per heavy atom. The summed E-state index contributed by atoms with van der Waals surface area (Å²) in [5, 5.41) is 10.3. The molecule has 1 fully saturated rings. The number of rotatable bonds is 3. The highest BCUT2D eigenvalue weighted by molar-refractivity contribution is 5.92. The van der Waals surface area contributed by atoms with E-state index in [2.05, 4.69) is 9.97 Å². The highest BCUT2D eigenvalue weighted by atomic mass is 19.1. The number of aliphatic hydroxyl groups excluding tert-OH is 1. The summed E-state index contributed by atoms with van der Waals surface area (Å²) in [5.41, 5.74) is 1.43. The van der Waals surface area contributed by atoms with E-state index in [0.29, 0.717) is 25.2 Å². The van der Waals surface area contributed by atoms with Crippen LogP contribution in [0.5, 0.6) is 0 Å². The molecule has 5 nitrogen and oxygen atoms in total. The second-order valence-corrected chi connectivity index (χ2v) is 5.66. The minimum Gasteiger partial charge on any atom is -0.391 e. The third kappa shape index (κ3) is 3.17. The molecule has 0 bridgehead atoms. The van der Waals surface area contributed by atoms with Crippen LogP contribution in [0.3, 0.4) is 0 Å². The molecule has 116 valence electrons. The van der Waals surface area contributed by atoms with Gasteiger partial charge < -0.3 is 15.0 Å². The second-order valence-electron chi connectivity index (χ2n) is 5.66. The molecule has 22 heavy (non-hydrogen) atoms. The quantitative estimate of drug-likeness (QED) is 0.905. The number of hydrogen-bond donors (Lipinski definition) is 2. The maximum absolute atomic E-state index is 12.9. The number of aromatic amines is 1. The van der Waals surface area contributed by atoms with Gasteiger partial charge in [0, 0.05) is 13.1 Å². The number of likely N-dealkylation sites (tertiary alicyclic amines) is 1. The van der Waals surface area contributed by atoms with Crippen LogP contribution in [0.25, 0.3) is 0 Å². The van der Waals surface area contributed by atoms with Crippen LogP contribution in [0.1, 0.15) is 22.5 Å². The van der Waals surface area contributed by atoms with E-state index in [4.69, 9.17) is 0 Å². The van der Waals surface area contributed by atoms with Crippen LogP contribution in [0, 0.1) is 11.7 Å². The molecule has 0 saturated carbocycles. The number of benzene rings is 1. The van der Waals surface area contributed by atoms with Crippen molar-refractivity contribution in [3.05, 3.63) is 53.9 Å². The van der Waals surface area contributed by atoms with Crippen LogP contribution in [-0.4, -0.2) is 45.1 Å². The highest BCUT2D eigenvalue weighted by Crippen LogP contribution is 2.23. The van der Waals surface area contributed by atoms with E-state index in [-0.39, 0.29) is 17.6 Å². The molecule has 2 heterocycles. The average molecular weight is 303 g/mol. The molecule has 2 aromatic rings. The third-order valence-corrected chi connectivity index (χ3v) is 4.15. The molecule has 1 saturated heterocycles.